The summed E-state index contributed by atoms with van der Waals surface area (Å²) in [6.45, 7) is 1.21. The highest BCUT2D eigenvalue weighted by atomic mass is 35.5. The van der Waals surface area contributed by atoms with Gasteiger partial charge >= 0.3 is 5.97 Å². The average molecular weight is 464 g/mol. The van der Waals surface area contributed by atoms with Gasteiger partial charge in [0.15, 0.2) is 0 Å². The van der Waals surface area contributed by atoms with Crippen LogP contribution in [0.1, 0.15) is 31.2 Å². The maximum Gasteiger partial charge on any atom is 0.303 e. The molecular formula is C22H26ClN3O4S. The van der Waals surface area contributed by atoms with E-state index in [1.165, 1.54) is 12.1 Å². The number of allylic oxidation sites excluding steroid dienone is 1. The Morgan fingerprint density at radius 2 is 2.06 bits per heavy atom. The molecule has 0 amide bonds. The van der Waals surface area contributed by atoms with Gasteiger partial charge in [0, 0.05) is 49.0 Å². The summed E-state index contributed by atoms with van der Waals surface area (Å²) >= 11 is 5.87. The van der Waals surface area contributed by atoms with Crippen molar-refractivity contribution < 1.29 is 18.3 Å². The third-order valence-corrected chi connectivity index (χ3v) is 6.91. The molecule has 31 heavy (non-hydrogen) atoms. The van der Waals surface area contributed by atoms with Crippen LogP contribution in [0.3, 0.4) is 0 Å². The molecule has 1 fully saturated rings. The highest BCUT2D eigenvalue weighted by Gasteiger charge is 2.33. The summed E-state index contributed by atoms with van der Waals surface area (Å²) in [5, 5.41) is 9.25. The first-order valence-electron chi connectivity index (χ1n) is 10.1. The minimum absolute atomic E-state index is 0.0444. The monoisotopic (exact) mass is 463 g/mol. The lowest BCUT2D eigenvalue weighted by atomic mass is 10.1. The molecule has 1 aromatic heterocycles. The molecule has 2 heterocycles. The SMILES string of the molecule is O=C(O)CCC/C=C\C1CC(NS(=O)(=O)c2ccc(Cl)cc2)CN1Cc1cccnc1. The van der Waals surface area contributed by atoms with Crippen LogP contribution in [0.15, 0.2) is 65.8 Å². The number of rotatable bonds is 10. The molecule has 0 radical (unpaired) electrons. The molecule has 1 aliphatic heterocycles. The van der Waals surface area contributed by atoms with E-state index in [1.54, 1.807) is 24.5 Å². The normalized spacial score (nSPS) is 19.8. The minimum atomic E-state index is -3.66. The first kappa shape index (κ1) is 23.4. The number of carboxylic acids is 1. The van der Waals surface area contributed by atoms with Crippen molar-refractivity contribution >= 4 is 27.6 Å². The van der Waals surface area contributed by atoms with Gasteiger partial charge in [-0.05, 0) is 55.2 Å². The zero-order valence-corrected chi connectivity index (χ0v) is 18.6. The zero-order chi connectivity index (χ0) is 22.3. The molecule has 2 atom stereocenters. The number of hydrogen-bond acceptors (Lipinski definition) is 5. The smallest absolute Gasteiger partial charge is 0.303 e. The number of aliphatic carboxylic acids is 1. The Kier molecular flexibility index (Phi) is 8.20. The number of sulfonamides is 1. The van der Waals surface area contributed by atoms with E-state index in [2.05, 4.69) is 20.7 Å². The Labute approximate surface area is 187 Å². The second-order valence-corrected chi connectivity index (χ2v) is 9.73. The topological polar surface area (TPSA) is 99.6 Å². The van der Waals surface area contributed by atoms with Crippen LogP contribution < -0.4 is 4.72 Å². The van der Waals surface area contributed by atoms with Gasteiger partial charge in [0.25, 0.3) is 0 Å². The van der Waals surface area contributed by atoms with Crippen LogP contribution in [-0.4, -0.2) is 48.0 Å². The standard InChI is InChI=1S/C22H26ClN3O4S/c23-18-8-10-21(11-9-18)31(29,30)25-19-13-20(6-2-1-3-7-22(27)28)26(16-19)15-17-5-4-12-24-14-17/h2,4-6,8-12,14,19-20,25H,1,3,7,13,15-16H2,(H,27,28)/b6-2-. The molecule has 2 aromatic rings. The maximum absolute atomic E-state index is 12.8. The minimum Gasteiger partial charge on any atom is -0.481 e. The molecule has 7 nitrogen and oxygen atoms in total. The Bertz CT molecular complexity index is 997. The lowest BCUT2D eigenvalue weighted by molar-refractivity contribution is -0.137. The Hall–Kier alpha value is -2.26. The number of pyridine rings is 1. The highest BCUT2D eigenvalue weighted by Crippen LogP contribution is 2.24. The lowest BCUT2D eigenvalue weighted by Gasteiger charge is -2.21. The van der Waals surface area contributed by atoms with Crippen molar-refractivity contribution in [3.63, 3.8) is 0 Å². The van der Waals surface area contributed by atoms with E-state index in [-0.39, 0.29) is 23.4 Å². The Balaban J connectivity index is 1.68. The summed E-state index contributed by atoms with van der Waals surface area (Å²) in [7, 11) is -3.66. The summed E-state index contributed by atoms with van der Waals surface area (Å²) in [5.74, 6) is -0.802. The summed E-state index contributed by atoms with van der Waals surface area (Å²) in [4.78, 5) is 17.2. The van der Waals surface area contributed by atoms with Crippen molar-refractivity contribution in [2.24, 2.45) is 0 Å². The Morgan fingerprint density at radius 3 is 2.74 bits per heavy atom. The van der Waals surface area contributed by atoms with Crippen molar-refractivity contribution in [1.29, 1.82) is 0 Å². The van der Waals surface area contributed by atoms with Crippen LogP contribution in [-0.2, 0) is 21.4 Å². The van der Waals surface area contributed by atoms with E-state index in [0.29, 0.717) is 37.4 Å². The third kappa shape index (κ3) is 7.14. The summed E-state index contributed by atoms with van der Waals surface area (Å²) in [6, 6.07) is 9.77. The van der Waals surface area contributed by atoms with E-state index < -0.39 is 16.0 Å². The predicted octanol–water partition coefficient (Wildman–Crippen LogP) is 3.47. The summed E-state index contributed by atoms with van der Waals surface area (Å²) < 4.78 is 28.4. The molecule has 1 saturated heterocycles. The van der Waals surface area contributed by atoms with E-state index in [1.807, 2.05) is 18.2 Å². The van der Waals surface area contributed by atoms with E-state index >= 15 is 0 Å². The number of halogens is 1. The van der Waals surface area contributed by atoms with Gasteiger partial charge in [0.05, 0.1) is 4.90 Å². The molecular weight excluding hydrogens is 438 g/mol. The number of unbranched alkanes of at least 4 members (excludes halogenated alkanes) is 1. The second-order valence-electron chi connectivity index (χ2n) is 7.58. The van der Waals surface area contributed by atoms with Gasteiger partial charge in [-0.15, -0.1) is 0 Å². The molecule has 9 heteroatoms. The van der Waals surface area contributed by atoms with Crippen LogP contribution in [0.4, 0.5) is 0 Å². The van der Waals surface area contributed by atoms with Crippen LogP contribution in [0, 0.1) is 0 Å². The number of likely N-dealkylation sites (tertiary alicyclic amines) is 1. The van der Waals surface area contributed by atoms with Crippen LogP contribution in [0.2, 0.25) is 5.02 Å². The quantitative estimate of drug-likeness (QED) is 0.413. The summed E-state index contributed by atoms with van der Waals surface area (Å²) in [6.07, 6.45) is 9.57. The average Bonchev–Trinajstić information content (AvgIpc) is 3.08. The van der Waals surface area contributed by atoms with Crippen molar-refractivity contribution in [3.8, 4) is 0 Å². The number of nitrogens with zero attached hydrogens (tertiary/aromatic N) is 2. The van der Waals surface area contributed by atoms with Crippen molar-refractivity contribution in [2.45, 2.75) is 49.2 Å². The van der Waals surface area contributed by atoms with Crippen molar-refractivity contribution in [3.05, 3.63) is 71.5 Å². The number of benzene rings is 1. The molecule has 166 valence electrons. The first-order valence-corrected chi connectivity index (χ1v) is 12.0. The fourth-order valence-corrected chi connectivity index (χ4v) is 5.02. The molecule has 1 aromatic carbocycles. The molecule has 0 bridgehead atoms. The van der Waals surface area contributed by atoms with E-state index in [9.17, 15) is 13.2 Å². The van der Waals surface area contributed by atoms with Gasteiger partial charge in [0.2, 0.25) is 10.0 Å². The van der Waals surface area contributed by atoms with Gasteiger partial charge in [-0.25, -0.2) is 13.1 Å². The fourth-order valence-electron chi connectivity index (χ4n) is 3.65. The van der Waals surface area contributed by atoms with Crippen LogP contribution in [0.5, 0.6) is 0 Å². The molecule has 0 aliphatic carbocycles. The molecule has 0 spiro atoms. The van der Waals surface area contributed by atoms with E-state index in [0.717, 1.165) is 5.56 Å². The van der Waals surface area contributed by atoms with Gasteiger partial charge in [0.1, 0.15) is 0 Å². The van der Waals surface area contributed by atoms with Crippen LogP contribution in [0.25, 0.3) is 0 Å². The number of nitrogens with one attached hydrogen (secondary N) is 1. The maximum atomic E-state index is 12.8. The number of carboxylic acid groups (broad SMARTS) is 1. The Morgan fingerprint density at radius 1 is 1.29 bits per heavy atom. The molecule has 2 unspecified atom stereocenters. The predicted molar refractivity (Wildman–Crippen MR) is 119 cm³/mol. The first-order chi connectivity index (χ1) is 14.8. The fraction of sp³-hybridized carbons (Fsp3) is 0.364. The van der Waals surface area contributed by atoms with E-state index in [4.69, 9.17) is 16.7 Å². The van der Waals surface area contributed by atoms with Gasteiger partial charge in [-0.1, -0.05) is 29.8 Å². The number of aromatic nitrogens is 1. The molecule has 0 saturated carbocycles. The summed E-state index contributed by atoms with van der Waals surface area (Å²) in [5.41, 5.74) is 1.05. The second kappa shape index (κ2) is 10.9. The molecule has 2 N–H and O–H groups in total. The molecule has 1 aliphatic rings. The van der Waals surface area contributed by atoms with Gasteiger partial charge in [-0.2, -0.15) is 0 Å². The lowest BCUT2D eigenvalue weighted by Crippen LogP contribution is -2.37. The van der Waals surface area contributed by atoms with Gasteiger partial charge in [-0.3, -0.25) is 14.7 Å². The third-order valence-electron chi connectivity index (χ3n) is 5.12. The van der Waals surface area contributed by atoms with Crippen molar-refractivity contribution in [2.75, 3.05) is 6.54 Å². The van der Waals surface area contributed by atoms with Crippen LogP contribution >= 0.6 is 11.6 Å². The van der Waals surface area contributed by atoms with Crippen molar-refractivity contribution in [1.82, 2.24) is 14.6 Å². The highest BCUT2D eigenvalue weighted by molar-refractivity contribution is 7.89. The number of hydrogen-bond donors (Lipinski definition) is 2. The number of carbonyl (C=O) groups is 1. The largest absolute Gasteiger partial charge is 0.481 e. The molecule has 3 rings (SSSR count). The van der Waals surface area contributed by atoms with Gasteiger partial charge < -0.3 is 5.11 Å². The zero-order valence-electron chi connectivity index (χ0n) is 17.0.